The van der Waals surface area contributed by atoms with E-state index in [1.807, 2.05) is 0 Å². The molecule has 112 valence electrons. The Morgan fingerprint density at radius 1 is 1.18 bits per heavy atom. The molecule has 2 radical (unpaired) electrons. The van der Waals surface area contributed by atoms with Crippen molar-refractivity contribution in [3.8, 4) is 0 Å². The lowest BCUT2D eigenvalue weighted by Gasteiger charge is -2.12. The van der Waals surface area contributed by atoms with Crippen LogP contribution < -0.4 is 10.8 Å². The third-order valence-electron chi connectivity index (χ3n) is 2.81. The minimum absolute atomic E-state index is 0.0405. The minimum Gasteiger partial charge on any atom is -0.319 e. The van der Waals surface area contributed by atoms with Gasteiger partial charge in [-0.1, -0.05) is 29.2 Å². The molecule has 0 spiro atoms. The van der Waals surface area contributed by atoms with Gasteiger partial charge < -0.3 is 5.32 Å². The molecule has 0 aliphatic heterocycles. The van der Waals surface area contributed by atoms with Gasteiger partial charge in [-0.2, -0.15) is 13.2 Å². The predicted molar refractivity (Wildman–Crippen MR) is 76.2 cm³/mol. The summed E-state index contributed by atoms with van der Waals surface area (Å²) in [4.78, 5) is 11.9. The van der Waals surface area contributed by atoms with E-state index in [9.17, 15) is 22.4 Å². The van der Waals surface area contributed by atoms with Crippen molar-refractivity contribution >= 4 is 36.5 Å². The molecule has 8 heteroatoms. The van der Waals surface area contributed by atoms with Gasteiger partial charge in [0.25, 0.3) is 5.91 Å². The summed E-state index contributed by atoms with van der Waals surface area (Å²) >= 11 is 5.70. The maximum Gasteiger partial charge on any atom is 0.419 e. The standard InChI is InChI=1S/C14H7BClF4NO/c15-9-6-7(4-5-10(9)16)13(22)21-11-3-1-2-8(12(11)17)14(18,19)20/h1-6H,(H,21,22). The van der Waals surface area contributed by atoms with E-state index in [4.69, 9.17) is 19.4 Å². The number of carbonyl (C=O) groups is 1. The molecular weight excluding hydrogens is 320 g/mol. The summed E-state index contributed by atoms with van der Waals surface area (Å²) in [5.41, 5.74) is -1.87. The number of rotatable bonds is 2. The average molecular weight is 327 g/mol. The molecule has 0 bridgehead atoms. The predicted octanol–water partition coefficient (Wildman–Crippen LogP) is 3.54. The lowest BCUT2D eigenvalue weighted by molar-refractivity contribution is -0.139. The largest absolute Gasteiger partial charge is 0.419 e. The van der Waals surface area contributed by atoms with Crippen LogP contribution in [0.1, 0.15) is 15.9 Å². The van der Waals surface area contributed by atoms with E-state index in [2.05, 4.69) is 5.32 Å². The lowest BCUT2D eigenvalue weighted by atomic mass is 9.94. The number of hydrogen-bond donors (Lipinski definition) is 1. The molecule has 2 nitrogen and oxygen atoms in total. The second kappa shape index (κ2) is 6.00. The molecule has 2 aromatic rings. The summed E-state index contributed by atoms with van der Waals surface area (Å²) in [6, 6.07) is 6.53. The fraction of sp³-hybridized carbons (Fsp3) is 0.0714. The van der Waals surface area contributed by atoms with Gasteiger partial charge in [0.2, 0.25) is 0 Å². The van der Waals surface area contributed by atoms with Gasteiger partial charge in [0.05, 0.1) is 11.3 Å². The van der Waals surface area contributed by atoms with Gasteiger partial charge in [-0.25, -0.2) is 4.39 Å². The van der Waals surface area contributed by atoms with Crippen molar-refractivity contribution < 1.29 is 22.4 Å². The second-order valence-corrected chi connectivity index (χ2v) is 4.76. The first kappa shape index (κ1) is 16.4. The molecule has 0 atom stereocenters. The van der Waals surface area contributed by atoms with Gasteiger partial charge in [0.1, 0.15) is 7.85 Å². The highest BCUT2D eigenvalue weighted by atomic mass is 35.5. The Morgan fingerprint density at radius 2 is 1.86 bits per heavy atom. The number of nitrogens with one attached hydrogen (secondary N) is 1. The monoisotopic (exact) mass is 327 g/mol. The number of benzene rings is 2. The maximum absolute atomic E-state index is 13.8. The quantitative estimate of drug-likeness (QED) is 0.663. The summed E-state index contributed by atoms with van der Waals surface area (Å²) < 4.78 is 51.6. The second-order valence-electron chi connectivity index (χ2n) is 4.36. The van der Waals surface area contributed by atoms with Crippen LogP contribution >= 0.6 is 11.6 Å². The Balaban J connectivity index is 2.31. The molecule has 0 unspecified atom stereocenters. The zero-order valence-electron chi connectivity index (χ0n) is 10.8. The first-order valence-corrected chi connectivity index (χ1v) is 6.30. The highest BCUT2D eigenvalue weighted by Crippen LogP contribution is 2.33. The zero-order valence-corrected chi connectivity index (χ0v) is 11.6. The smallest absolute Gasteiger partial charge is 0.319 e. The van der Waals surface area contributed by atoms with Gasteiger partial charge >= 0.3 is 6.18 Å². The molecule has 1 amide bonds. The van der Waals surface area contributed by atoms with E-state index >= 15 is 0 Å². The van der Waals surface area contributed by atoms with Crippen LogP contribution in [0.5, 0.6) is 0 Å². The minimum atomic E-state index is -4.85. The first-order valence-electron chi connectivity index (χ1n) is 5.92. The summed E-state index contributed by atoms with van der Waals surface area (Å²) in [6.07, 6.45) is -4.85. The number of anilines is 1. The topological polar surface area (TPSA) is 29.1 Å². The van der Waals surface area contributed by atoms with Crippen LogP contribution in [0.2, 0.25) is 5.02 Å². The van der Waals surface area contributed by atoms with E-state index in [0.717, 1.165) is 12.1 Å². The van der Waals surface area contributed by atoms with E-state index in [1.54, 1.807) is 0 Å². The molecule has 0 aliphatic rings. The van der Waals surface area contributed by atoms with Gasteiger partial charge in [0, 0.05) is 10.6 Å². The molecule has 0 aromatic heterocycles. The molecule has 2 aromatic carbocycles. The Bertz CT molecular complexity index is 733. The highest BCUT2D eigenvalue weighted by Gasteiger charge is 2.35. The van der Waals surface area contributed by atoms with Gasteiger partial charge in [-0.15, -0.1) is 0 Å². The number of halogens is 5. The van der Waals surface area contributed by atoms with Crippen molar-refractivity contribution in [2.45, 2.75) is 6.18 Å². The molecule has 0 saturated heterocycles. The Morgan fingerprint density at radius 3 is 2.45 bits per heavy atom. The van der Waals surface area contributed by atoms with Crippen molar-refractivity contribution in [3.63, 3.8) is 0 Å². The van der Waals surface area contributed by atoms with Crippen molar-refractivity contribution in [1.82, 2.24) is 0 Å². The van der Waals surface area contributed by atoms with Crippen LogP contribution in [0.3, 0.4) is 0 Å². The van der Waals surface area contributed by atoms with Gasteiger partial charge in [-0.3, -0.25) is 4.79 Å². The Hall–Kier alpha value is -2.02. The van der Waals surface area contributed by atoms with Gasteiger partial charge in [-0.05, 0) is 24.3 Å². The van der Waals surface area contributed by atoms with Crippen LogP contribution in [-0.4, -0.2) is 13.8 Å². The molecule has 0 fully saturated rings. The van der Waals surface area contributed by atoms with Crippen molar-refractivity contribution in [2.75, 3.05) is 5.32 Å². The fourth-order valence-corrected chi connectivity index (χ4v) is 1.84. The number of hydrogen-bond acceptors (Lipinski definition) is 1. The normalized spacial score (nSPS) is 11.3. The van der Waals surface area contributed by atoms with Crippen LogP contribution in [0.15, 0.2) is 36.4 Å². The van der Waals surface area contributed by atoms with Crippen LogP contribution in [0.4, 0.5) is 23.2 Å². The Kier molecular flexibility index (Phi) is 4.46. The van der Waals surface area contributed by atoms with Crippen LogP contribution in [0, 0.1) is 5.82 Å². The molecule has 22 heavy (non-hydrogen) atoms. The SMILES string of the molecule is [B]c1cc(C(=O)Nc2cccc(C(F)(F)F)c2F)ccc1Cl. The third kappa shape index (κ3) is 3.41. The van der Waals surface area contributed by atoms with Crippen LogP contribution in [-0.2, 0) is 6.18 Å². The molecule has 0 aliphatic carbocycles. The number of carbonyl (C=O) groups excluding carboxylic acids is 1. The lowest BCUT2D eigenvalue weighted by Crippen LogP contribution is -2.17. The average Bonchev–Trinajstić information content (AvgIpc) is 2.42. The van der Waals surface area contributed by atoms with E-state index in [0.29, 0.717) is 6.07 Å². The summed E-state index contributed by atoms with van der Waals surface area (Å²) in [6.45, 7) is 0. The Labute approximate surface area is 129 Å². The highest BCUT2D eigenvalue weighted by molar-refractivity contribution is 6.45. The summed E-state index contributed by atoms with van der Waals surface area (Å²) in [5, 5.41) is 2.30. The summed E-state index contributed by atoms with van der Waals surface area (Å²) in [5.74, 6) is -2.35. The summed E-state index contributed by atoms with van der Waals surface area (Å²) in [7, 11) is 5.53. The zero-order chi connectivity index (χ0) is 16.5. The van der Waals surface area contributed by atoms with Crippen molar-refractivity contribution in [1.29, 1.82) is 0 Å². The molecular formula is C14H7BClF4NO. The molecule has 0 heterocycles. The maximum atomic E-state index is 13.8. The van der Waals surface area contributed by atoms with Crippen molar-refractivity contribution in [2.24, 2.45) is 0 Å². The third-order valence-corrected chi connectivity index (χ3v) is 3.15. The molecule has 2 rings (SSSR count). The van der Waals surface area contributed by atoms with E-state index < -0.39 is 29.2 Å². The van der Waals surface area contributed by atoms with Crippen molar-refractivity contribution in [3.05, 3.63) is 58.4 Å². The molecule has 0 saturated carbocycles. The van der Waals surface area contributed by atoms with Gasteiger partial charge in [0.15, 0.2) is 5.82 Å². The van der Waals surface area contributed by atoms with E-state index in [1.165, 1.54) is 18.2 Å². The van der Waals surface area contributed by atoms with Crippen LogP contribution in [0.25, 0.3) is 0 Å². The first-order chi connectivity index (χ1) is 10.2. The number of alkyl halides is 3. The number of amides is 1. The fourth-order valence-electron chi connectivity index (χ4n) is 1.73. The molecule has 1 N–H and O–H groups in total. The van der Waals surface area contributed by atoms with E-state index in [-0.39, 0.29) is 16.0 Å².